The molecule has 0 aliphatic heterocycles. The van der Waals surface area contributed by atoms with Crippen LogP contribution in [0.1, 0.15) is 36.2 Å². The fourth-order valence-corrected chi connectivity index (χ4v) is 1.79. The lowest BCUT2D eigenvalue weighted by Crippen LogP contribution is -2.34. The standard InChI is InChI=1S/C14H21NO3/c1-9-6-12(17-4)13(18-5)7-10(9)11(16)8-14(2,3)15/h6-7H,8,15H2,1-5H3. The second-order valence-corrected chi connectivity index (χ2v) is 5.11. The van der Waals surface area contributed by atoms with E-state index in [0.717, 1.165) is 5.56 Å². The summed E-state index contributed by atoms with van der Waals surface area (Å²) >= 11 is 0. The van der Waals surface area contributed by atoms with E-state index >= 15 is 0 Å². The maximum atomic E-state index is 12.2. The average Bonchev–Trinajstić information content (AvgIpc) is 2.26. The van der Waals surface area contributed by atoms with Crippen molar-refractivity contribution in [3.63, 3.8) is 0 Å². The van der Waals surface area contributed by atoms with Gasteiger partial charge in [0.1, 0.15) is 0 Å². The molecule has 0 unspecified atom stereocenters. The zero-order chi connectivity index (χ0) is 13.9. The van der Waals surface area contributed by atoms with Crippen molar-refractivity contribution in [2.24, 2.45) is 5.73 Å². The maximum absolute atomic E-state index is 12.2. The Kier molecular flexibility index (Phi) is 4.35. The maximum Gasteiger partial charge on any atom is 0.165 e. The highest BCUT2D eigenvalue weighted by atomic mass is 16.5. The first-order valence-corrected chi connectivity index (χ1v) is 5.83. The van der Waals surface area contributed by atoms with E-state index in [1.807, 2.05) is 20.8 Å². The molecule has 0 atom stereocenters. The molecule has 0 aliphatic carbocycles. The minimum absolute atomic E-state index is 0.0148. The van der Waals surface area contributed by atoms with E-state index in [9.17, 15) is 4.79 Å². The van der Waals surface area contributed by atoms with Crippen LogP contribution >= 0.6 is 0 Å². The molecule has 0 amide bonds. The summed E-state index contributed by atoms with van der Waals surface area (Å²) in [5, 5.41) is 0. The van der Waals surface area contributed by atoms with Crippen LogP contribution in [0.15, 0.2) is 12.1 Å². The van der Waals surface area contributed by atoms with E-state index in [2.05, 4.69) is 0 Å². The number of methoxy groups -OCH3 is 2. The SMILES string of the molecule is COc1cc(C)c(C(=O)CC(C)(C)N)cc1OC. The zero-order valence-corrected chi connectivity index (χ0v) is 11.7. The van der Waals surface area contributed by atoms with Gasteiger partial charge in [-0.1, -0.05) is 0 Å². The molecule has 0 heterocycles. The van der Waals surface area contributed by atoms with E-state index in [-0.39, 0.29) is 5.78 Å². The van der Waals surface area contributed by atoms with Gasteiger partial charge < -0.3 is 15.2 Å². The lowest BCUT2D eigenvalue weighted by atomic mass is 9.93. The molecule has 1 rings (SSSR count). The van der Waals surface area contributed by atoms with Crippen molar-refractivity contribution in [1.82, 2.24) is 0 Å². The Morgan fingerprint density at radius 2 is 1.72 bits per heavy atom. The Hall–Kier alpha value is -1.55. The average molecular weight is 251 g/mol. The minimum Gasteiger partial charge on any atom is -0.493 e. The molecule has 0 spiro atoms. The number of hydrogen-bond acceptors (Lipinski definition) is 4. The predicted octanol–water partition coefficient (Wildman–Crippen LogP) is 2.32. The van der Waals surface area contributed by atoms with Gasteiger partial charge in [0.25, 0.3) is 0 Å². The van der Waals surface area contributed by atoms with Gasteiger partial charge in [-0.05, 0) is 38.5 Å². The van der Waals surface area contributed by atoms with Gasteiger partial charge in [0.2, 0.25) is 0 Å². The molecule has 0 aliphatic rings. The number of ether oxygens (including phenoxy) is 2. The van der Waals surface area contributed by atoms with Crippen LogP contribution in [0.4, 0.5) is 0 Å². The van der Waals surface area contributed by atoms with Gasteiger partial charge in [-0.3, -0.25) is 4.79 Å². The van der Waals surface area contributed by atoms with Crippen molar-refractivity contribution in [3.8, 4) is 11.5 Å². The van der Waals surface area contributed by atoms with Crippen LogP contribution < -0.4 is 15.2 Å². The topological polar surface area (TPSA) is 61.5 Å². The second kappa shape index (κ2) is 5.40. The number of rotatable bonds is 5. The molecule has 0 radical (unpaired) electrons. The molecule has 0 aromatic heterocycles. The van der Waals surface area contributed by atoms with E-state index in [4.69, 9.17) is 15.2 Å². The first kappa shape index (κ1) is 14.5. The smallest absolute Gasteiger partial charge is 0.165 e. The third-order valence-corrected chi connectivity index (χ3v) is 2.65. The number of benzene rings is 1. The van der Waals surface area contributed by atoms with Crippen LogP contribution in [0, 0.1) is 6.92 Å². The number of Topliss-reactive ketones (excluding diaryl/α,β-unsaturated/α-hetero) is 1. The summed E-state index contributed by atoms with van der Waals surface area (Å²) in [4.78, 5) is 12.2. The third kappa shape index (κ3) is 3.47. The van der Waals surface area contributed by atoms with Gasteiger partial charge in [-0.15, -0.1) is 0 Å². The first-order chi connectivity index (χ1) is 8.28. The molecular formula is C14H21NO3. The number of hydrogen-bond donors (Lipinski definition) is 1. The largest absolute Gasteiger partial charge is 0.493 e. The number of nitrogens with two attached hydrogens (primary N) is 1. The quantitative estimate of drug-likeness (QED) is 0.816. The van der Waals surface area contributed by atoms with Crippen molar-refractivity contribution >= 4 is 5.78 Å². The number of carbonyl (C=O) groups is 1. The predicted molar refractivity (Wildman–Crippen MR) is 71.5 cm³/mol. The Morgan fingerprint density at radius 1 is 1.22 bits per heavy atom. The zero-order valence-electron chi connectivity index (χ0n) is 11.7. The molecule has 1 aromatic rings. The molecule has 0 saturated carbocycles. The molecule has 0 fully saturated rings. The molecule has 0 saturated heterocycles. The van der Waals surface area contributed by atoms with Gasteiger partial charge in [-0.25, -0.2) is 0 Å². The van der Waals surface area contributed by atoms with E-state index in [0.29, 0.717) is 23.5 Å². The van der Waals surface area contributed by atoms with Gasteiger partial charge >= 0.3 is 0 Å². The first-order valence-electron chi connectivity index (χ1n) is 5.83. The second-order valence-electron chi connectivity index (χ2n) is 5.11. The Labute approximate surface area is 108 Å². The summed E-state index contributed by atoms with van der Waals surface area (Å²) < 4.78 is 10.4. The van der Waals surface area contributed by atoms with Crippen LogP contribution in [-0.4, -0.2) is 25.5 Å². The lowest BCUT2D eigenvalue weighted by molar-refractivity contribution is 0.0959. The molecule has 1 aromatic carbocycles. The van der Waals surface area contributed by atoms with Crippen LogP contribution in [0.25, 0.3) is 0 Å². The normalized spacial score (nSPS) is 11.2. The minimum atomic E-state index is -0.517. The van der Waals surface area contributed by atoms with Crippen LogP contribution in [0.5, 0.6) is 11.5 Å². The van der Waals surface area contributed by atoms with Crippen LogP contribution in [0.2, 0.25) is 0 Å². The van der Waals surface area contributed by atoms with Gasteiger partial charge in [0.15, 0.2) is 17.3 Å². The molecule has 18 heavy (non-hydrogen) atoms. The van der Waals surface area contributed by atoms with Crippen molar-refractivity contribution < 1.29 is 14.3 Å². The van der Waals surface area contributed by atoms with E-state index < -0.39 is 5.54 Å². The van der Waals surface area contributed by atoms with Crippen molar-refractivity contribution in [1.29, 1.82) is 0 Å². The molecule has 100 valence electrons. The number of carbonyl (C=O) groups excluding carboxylic acids is 1. The van der Waals surface area contributed by atoms with Crippen molar-refractivity contribution in [3.05, 3.63) is 23.3 Å². The van der Waals surface area contributed by atoms with Crippen molar-refractivity contribution in [2.75, 3.05) is 14.2 Å². The molecule has 2 N–H and O–H groups in total. The van der Waals surface area contributed by atoms with E-state index in [1.165, 1.54) is 0 Å². The van der Waals surface area contributed by atoms with Crippen LogP contribution in [-0.2, 0) is 0 Å². The molecule has 4 heteroatoms. The summed E-state index contributed by atoms with van der Waals surface area (Å²) in [5.74, 6) is 1.20. The third-order valence-electron chi connectivity index (χ3n) is 2.65. The fraction of sp³-hybridized carbons (Fsp3) is 0.500. The Balaban J connectivity index is 3.13. The summed E-state index contributed by atoms with van der Waals surface area (Å²) in [6.07, 6.45) is 0.295. The number of ketones is 1. The highest BCUT2D eigenvalue weighted by Crippen LogP contribution is 2.31. The fourth-order valence-electron chi connectivity index (χ4n) is 1.79. The Bertz CT molecular complexity index is 447. The molecule has 0 bridgehead atoms. The van der Waals surface area contributed by atoms with Crippen LogP contribution in [0.3, 0.4) is 0 Å². The summed E-state index contributed by atoms with van der Waals surface area (Å²) in [5.41, 5.74) is 6.85. The van der Waals surface area contributed by atoms with Gasteiger partial charge in [0, 0.05) is 17.5 Å². The molecule has 4 nitrogen and oxygen atoms in total. The lowest BCUT2D eigenvalue weighted by Gasteiger charge is -2.18. The van der Waals surface area contributed by atoms with Crippen molar-refractivity contribution in [2.45, 2.75) is 32.7 Å². The summed E-state index contributed by atoms with van der Waals surface area (Å²) in [7, 11) is 3.12. The summed E-state index contributed by atoms with van der Waals surface area (Å²) in [6.45, 7) is 5.54. The Morgan fingerprint density at radius 3 is 2.17 bits per heavy atom. The molecular weight excluding hydrogens is 230 g/mol. The summed E-state index contributed by atoms with van der Waals surface area (Å²) in [6, 6.07) is 3.51. The van der Waals surface area contributed by atoms with Gasteiger partial charge in [-0.2, -0.15) is 0 Å². The highest BCUT2D eigenvalue weighted by molar-refractivity contribution is 5.98. The monoisotopic (exact) mass is 251 g/mol. The van der Waals surface area contributed by atoms with E-state index in [1.54, 1.807) is 26.4 Å². The highest BCUT2D eigenvalue weighted by Gasteiger charge is 2.20. The van der Waals surface area contributed by atoms with Gasteiger partial charge in [0.05, 0.1) is 14.2 Å². The number of aryl methyl sites for hydroxylation is 1.